The summed E-state index contributed by atoms with van der Waals surface area (Å²) in [7, 11) is 0. The van der Waals surface area contributed by atoms with Gasteiger partial charge in [0.2, 0.25) is 12.7 Å². The summed E-state index contributed by atoms with van der Waals surface area (Å²) in [5, 5.41) is 9.55. The molecule has 1 aromatic rings. The second kappa shape index (κ2) is 6.93. The first-order valence-corrected chi connectivity index (χ1v) is 9.88. The molecule has 0 unspecified atom stereocenters. The standard InChI is InChI=1S/C20H24N2O6/c23-19(17-14-3-4-15(28-14)18(17)20(24)25)22-7-5-21(6-8-22)10-12-1-2-13-16(9-12)27-11-26-13/h1-2,9,14-15,17-18H,3-8,10-11H2,(H,24,25)/t14-,15-,17+,18+/m1/s1. The Balaban J connectivity index is 1.19. The number of aliphatic carboxylic acids is 1. The van der Waals surface area contributed by atoms with Gasteiger partial charge in [0.05, 0.1) is 24.0 Å². The summed E-state index contributed by atoms with van der Waals surface area (Å²) in [4.78, 5) is 28.8. The summed E-state index contributed by atoms with van der Waals surface area (Å²) in [6, 6.07) is 5.97. The molecule has 1 amide bonds. The average Bonchev–Trinajstić information content (AvgIpc) is 3.43. The van der Waals surface area contributed by atoms with Gasteiger partial charge >= 0.3 is 5.97 Å². The van der Waals surface area contributed by atoms with Gasteiger partial charge < -0.3 is 24.2 Å². The predicted octanol–water partition coefficient (Wildman–Crippen LogP) is 0.938. The number of benzene rings is 1. The number of fused-ring (bicyclic) bond motifs is 3. The highest BCUT2D eigenvalue weighted by Gasteiger charge is 2.56. The van der Waals surface area contributed by atoms with Crippen molar-refractivity contribution >= 4 is 11.9 Å². The zero-order valence-corrected chi connectivity index (χ0v) is 15.6. The molecule has 0 radical (unpaired) electrons. The van der Waals surface area contributed by atoms with E-state index in [4.69, 9.17) is 14.2 Å². The van der Waals surface area contributed by atoms with Crippen LogP contribution in [0.1, 0.15) is 18.4 Å². The number of hydrogen-bond acceptors (Lipinski definition) is 6. The van der Waals surface area contributed by atoms with Crippen LogP contribution in [-0.4, -0.2) is 72.0 Å². The van der Waals surface area contributed by atoms with E-state index >= 15 is 0 Å². The molecule has 8 heteroatoms. The molecule has 8 nitrogen and oxygen atoms in total. The molecule has 4 aliphatic heterocycles. The van der Waals surface area contributed by atoms with E-state index < -0.39 is 17.8 Å². The summed E-state index contributed by atoms with van der Waals surface area (Å²) in [5.74, 6) is -0.633. The number of carboxylic acid groups (broad SMARTS) is 1. The van der Waals surface area contributed by atoms with Crippen molar-refractivity contribution in [1.82, 2.24) is 9.80 Å². The highest BCUT2D eigenvalue weighted by Crippen LogP contribution is 2.44. The zero-order chi connectivity index (χ0) is 19.3. The Hall–Kier alpha value is -2.32. The maximum Gasteiger partial charge on any atom is 0.310 e. The molecule has 0 aliphatic carbocycles. The van der Waals surface area contributed by atoms with Crippen molar-refractivity contribution in [3.05, 3.63) is 23.8 Å². The lowest BCUT2D eigenvalue weighted by molar-refractivity contribution is -0.151. The van der Waals surface area contributed by atoms with Crippen LogP contribution in [-0.2, 0) is 20.9 Å². The Kier molecular flexibility index (Phi) is 4.40. The van der Waals surface area contributed by atoms with Gasteiger partial charge in [-0.2, -0.15) is 0 Å². The largest absolute Gasteiger partial charge is 0.481 e. The number of carboxylic acids is 1. The molecule has 1 aromatic carbocycles. The van der Waals surface area contributed by atoms with Crippen molar-refractivity contribution in [3.8, 4) is 11.5 Å². The quantitative estimate of drug-likeness (QED) is 0.821. The van der Waals surface area contributed by atoms with E-state index in [0.717, 1.165) is 49.5 Å². The molecule has 28 heavy (non-hydrogen) atoms. The van der Waals surface area contributed by atoms with Crippen LogP contribution in [0.3, 0.4) is 0 Å². The summed E-state index contributed by atoms with van der Waals surface area (Å²) >= 11 is 0. The van der Waals surface area contributed by atoms with Gasteiger partial charge in [0.25, 0.3) is 0 Å². The Labute approximate surface area is 162 Å². The minimum Gasteiger partial charge on any atom is -0.481 e. The van der Waals surface area contributed by atoms with Gasteiger partial charge in [-0.25, -0.2) is 0 Å². The normalized spacial score (nSPS) is 31.4. The Morgan fingerprint density at radius 1 is 1.00 bits per heavy atom. The van der Waals surface area contributed by atoms with E-state index in [1.54, 1.807) is 0 Å². The third-order valence-corrected chi connectivity index (χ3v) is 6.37. The number of hydrogen-bond donors (Lipinski definition) is 1. The molecule has 150 valence electrons. The first kappa shape index (κ1) is 17.8. The molecule has 0 saturated carbocycles. The van der Waals surface area contributed by atoms with Gasteiger partial charge in [-0.1, -0.05) is 6.07 Å². The molecular formula is C20H24N2O6. The van der Waals surface area contributed by atoms with Crippen LogP contribution in [0.25, 0.3) is 0 Å². The van der Waals surface area contributed by atoms with Crippen molar-refractivity contribution in [2.75, 3.05) is 33.0 Å². The van der Waals surface area contributed by atoms with E-state index in [0.29, 0.717) is 13.1 Å². The van der Waals surface area contributed by atoms with Crippen molar-refractivity contribution in [2.45, 2.75) is 31.6 Å². The number of carbonyl (C=O) groups excluding carboxylic acids is 1. The molecule has 0 spiro atoms. The van der Waals surface area contributed by atoms with Crippen LogP contribution < -0.4 is 9.47 Å². The van der Waals surface area contributed by atoms with Gasteiger partial charge in [0, 0.05) is 32.7 Å². The van der Waals surface area contributed by atoms with E-state index in [1.165, 1.54) is 0 Å². The van der Waals surface area contributed by atoms with Crippen LogP contribution in [0.4, 0.5) is 0 Å². The smallest absolute Gasteiger partial charge is 0.310 e. The molecule has 4 heterocycles. The molecule has 5 rings (SSSR count). The highest BCUT2D eigenvalue weighted by molar-refractivity contribution is 5.86. The van der Waals surface area contributed by atoms with Crippen LogP contribution in [0.5, 0.6) is 11.5 Å². The Morgan fingerprint density at radius 2 is 1.71 bits per heavy atom. The van der Waals surface area contributed by atoms with Crippen LogP contribution in [0.15, 0.2) is 18.2 Å². The van der Waals surface area contributed by atoms with Crippen molar-refractivity contribution in [1.29, 1.82) is 0 Å². The fourth-order valence-corrected chi connectivity index (χ4v) is 4.94. The minimum atomic E-state index is -0.910. The lowest BCUT2D eigenvalue weighted by Crippen LogP contribution is -2.53. The van der Waals surface area contributed by atoms with Crippen molar-refractivity contribution in [2.24, 2.45) is 11.8 Å². The first-order chi connectivity index (χ1) is 13.6. The monoisotopic (exact) mass is 388 g/mol. The molecule has 0 aromatic heterocycles. The first-order valence-electron chi connectivity index (χ1n) is 9.88. The third-order valence-electron chi connectivity index (χ3n) is 6.37. The topological polar surface area (TPSA) is 88.5 Å². The Morgan fingerprint density at radius 3 is 2.46 bits per heavy atom. The summed E-state index contributed by atoms with van der Waals surface area (Å²) in [6.45, 7) is 3.81. The number of piperazine rings is 1. The van der Waals surface area contributed by atoms with E-state index in [2.05, 4.69) is 4.90 Å². The number of carbonyl (C=O) groups is 2. The lowest BCUT2D eigenvalue weighted by atomic mass is 9.78. The maximum absolute atomic E-state index is 13.0. The van der Waals surface area contributed by atoms with Crippen molar-refractivity contribution < 1.29 is 28.9 Å². The van der Waals surface area contributed by atoms with Gasteiger partial charge in [-0.15, -0.1) is 0 Å². The van der Waals surface area contributed by atoms with E-state index in [1.807, 2.05) is 23.1 Å². The summed E-state index contributed by atoms with van der Waals surface area (Å²) < 4.78 is 16.5. The average molecular weight is 388 g/mol. The number of nitrogens with zero attached hydrogens (tertiary/aromatic N) is 2. The molecule has 2 bridgehead atoms. The zero-order valence-electron chi connectivity index (χ0n) is 15.6. The molecule has 1 N–H and O–H groups in total. The fraction of sp³-hybridized carbons (Fsp3) is 0.600. The number of rotatable bonds is 4. The fourth-order valence-electron chi connectivity index (χ4n) is 4.94. The Bertz CT molecular complexity index is 791. The molecule has 3 saturated heterocycles. The van der Waals surface area contributed by atoms with Crippen LogP contribution in [0.2, 0.25) is 0 Å². The summed E-state index contributed by atoms with van der Waals surface area (Å²) in [6.07, 6.45) is 0.998. The van der Waals surface area contributed by atoms with Gasteiger partial charge in [-0.05, 0) is 30.5 Å². The van der Waals surface area contributed by atoms with Gasteiger partial charge in [0.15, 0.2) is 11.5 Å². The van der Waals surface area contributed by atoms with Gasteiger partial charge in [-0.3, -0.25) is 14.5 Å². The van der Waals surface area contributed by atoms with Gasteiger partial charge in [0.1, 0.15) is 0 Å². The summed E-state index contributed by atoms with van der Waals surface area (Å²) in [5.41, 5.74) is 1.15. The SMILES string of the molecule is O=C(O)[C@@H]1[C@@H](C(=O)N2CCN(Cc3ccc4c(c3)OCO4)CC2)[C@H]2CC[C@H]1O2. The van der Waals surface area contributed by atoms with E-state index in [-0.39, 0.29) is 24.9 Å². The molecular weight excluding hydrogens is 364 g/mol. The van der Waals surface area contributed by atoms with Crippen LogP contribution in [0, 0.1) is 11.8 Å². The molecule has 4 atom stereocenters. The van der Waals surface area contributed by atoms with E-state index in [9.17, 15) is 14.7 Å². The second-order valence-corrected chi connectivity index (χ2v) is 7.97. The third kappa shape index (κ3) is 3.00. The highest BCUT2D eigenvalue weighted by atomic mass is 16.7. The lowest BCUT2D eigenvalue weighted by Gasteiger charge is -2.37. The number of amides is 1. The molecule has 3 fully saturated rings. The molecule has 4 aliphatic rings. The maximum atomic E-state index is 13.0. The number of ether oxygens (including phenoxy) is 3. The minimum absolute atomic E-state index is 0.0534. The van der Waals surface area contributed by atoms with Crippen LogP contribution >= 0.6 is 0 Å². The second-order valence-electron chi connectivity index (χ2n) is 7.97. The predicted molar refractivity (Wildman–Crippen MR) is 96.9 cm³/mol. The van der Waals surface area contributed by atoms with Crippen molar-refractivity contribution in [3.63, 3.8) is 0 Å².